The Bertz CT molecular complexity index is 959. The maximum absolute atomic E-state index is 13.1. The number of guanidine groups is 1. The number of hydrogen-bond acceptors (Lipinski definition) is 5. The summed E-state index contributed by atoms with van der Waals surface area (Å²) in [5.41, 5.74) is 1.55. The van der Waals surface area contributed by atoms with Crippen molar-refractivity contribution < 1.29 is 12.8 Å². The van der Waals surface area contributed by atoms with E-state index in [0.717, 1.165) is 30.7 Å². The van der Waals surface area contributed by atoms with Gasteiger partial charge in [-0.25, -0.2) is 18.4 Å². The zero-order chi connectivity index (χ0) is 21.6. The molecule has 1 aliphatic rings. The van der Waals surface area contributed by atoms with Crippen LogP contribution in [-0.4, -0.2) is 43.3 Å². The quantitative estimate of drug-likeness (QED) is 0.514. The number of oxazole rings is 1. The van der Waals surface area contributed by atoms with E-state index < -0.39 is 10.0 Å². The molecule has 0 amide bonds. The van der Waals surface area contributed by atoms with Gasteiger partial charge in [0, 0.05) is 19.6 Å². The fraction of sp³-hybridized carbons (Fsp3) is 0.524. The topological polar surface area (TPSA) is 99.8 Å². The molecule has 0 atom stereocenters. The minimum absolute atomic E-state index is 0.252. The molecule has 0 aliphatic carbocycles. The number of hydrogen-bond donors (Lipinski definition) is 2. The summed E-state index contributed by atoms with van der Waals surface area (Å²) in [6.45, 7) is 8.26. The van der Waals surface area contributed by atoms with E-state index in [4.69, 9.17) is 4.42 Å². The Hall–Kier alpha value is -2.39. The van der Waals surface area contributed by atoms with Crippen LogP contribution in [0.4, 0.5) is 0 Å². The average Bonchev–Trinajstić information content (AvgIpc) is 3.08. The van der Waals surface area contributed by atoms with Crippen LogP contribution in [0.1, 0.15) is 49.1 Å². The van der Waals surface area contributed by atoms with E-state index in [1.165, 1.54) is 0 Å². The largest absolute Gasteiger partial charge is 0.444 e. The standard InChI is InChI=1S/C21H31N5O3S/c1-4-22-21(24-15-20-25-16(2)17(3)29-20)23-14-18-10-6-7-11-19(18)30(27,28)26-12-8-5-9-13-26/h6-7,10-11H,4-5,8-9,12-15H2,1-3H3,(H2,22,23,24). The maximum atomic E-state index is 13.1. The Morgan fingerprint density at radius 2 is 1.90 bits per heavy atom. The molecule has 0 bridgehead atoms. The molecule has 0 unspecified atom stereocenters. The van der Waals surface area contributed by atoms with Crippen molar-refractivity contribution in [2.45, 2.75) is 58.0 Å². The van der Waals surface area contributed by atoms with Crippen molar-refractivity contribution in [1.29, 1.82) is 0 Å². The van der Waals surface area contributed by atoms with E-state index in [-0.39, 0.29) is 6.54 Å². The minimum atomic E-state index is -3.51. The molecule has 164 valence electrons. The van der Waals surface area contributed by atoms with Gasteiger partial charge in [0.2, 0.25) is 15.9 Å². The lowest BCUT2D eigenvalue weighted by molar-refractivity contribution is 0.346. The van der Waals surface area contributed by atoms with E-state index >= 15 is 0 Å². The van der Waals surface area contributed by atoms with Crippen LogP contribution in [0.25, 0.3) is 0 Å². The van der Waals surface area contributed by atoms with Crippen LogP contribution in [-0.2, 0) is 23.1 Å². The molecular weight excluding hydrogens is 402 g/mol. The monoisotopic (exact) mass is 433 g/mol. The molecule has 9 heteroatoms. The number of aromatic nitrogens is 1. The van der Waals surface area contributed by atoms with Gasteiger partial charge in [-0.1, -0.05) is 24.6 Å². The van der Waals surface area contributed by atoms with Crippen LogP contribution >= 0.6 is 0 Å². The average molecular weight is 434 g/mol. The van der Waals surface area contributed by atoms with E-state index in [0.29, 0.717) is 48.5 Å². The van der Waals surface area contributed by atoms with Gasteiger partial charge in [0.15, 0.2) is 5.96 Å². The van der Waals surface area contributed by atoms with Crippen LogP contribution in [0.5, 0.6) is 0 Å². The van der Waals surface area contributed by atoms with Crippen LogP contribution in [0, 0.1) is 13.8 Å². The molecule has 1 aliphatic heterocycles. The summed E-state index contributed by atoms with van der Waals surface area (Å²) < 4.78 is 33.5. The van der Waals surface area contributed by atoms with Gasteiger partial charge in [0.25, 0.3) is 0 Å². The molecule has 1 aromatic carbocycles. The van der Waals surface area contributed by atoms with Crippen LogP contribution in [0.3, 0.4) is 0 Å². The Morgan fingerprint density at radius 1 is 1.17 bits per heavy atom. The van der Waals surface area contributed by atoms with E-state index in [1.54, 1.807) is 16.4 Å². The molecule has 30 heavy (non-hydrogen) atoms. The predicted molar refractivity (Wildman–Crippen MR) is 117 cm³/mol. The van der Waals surface area contributed by atoms with Crippen molar-refractivity contribution in [3.05, 3.63) is 47.2 Å². The van der Waals surface area contributed by atoms with Crippen molar-refractivity contribution in [1.82, 2.24) is 19.9 Å². The molecular formula is C21H31N5O3S. The number of nitrogens with zero attached hydrogens (tertiary/aromatic N) is 3. The van der Waals surface area contributed by atoms with Gasteiger partial charge in [0.1, 0.15) is 5.76 Å². The molecule has 0 saturated carbocycles. The van der Waals surface area contributed by atoms with Gasteiger partial charge < -0.3 is 15.1 Å². The number of aryl methyl sites for hydroxylation is 2. The summed E-state index contributed by atoms with van der Waals surface area (Å²) in [6, 6.07) is 7.11. The third-order valence-corrected chi connectivity index (χ3v) is 7.14. The third kappa shape index (κ3) is 5.40. The number of piperidine rings is 1. The van der Waals surface area contributed by atoms with E-state index in [9.17, 15) is 8.42 Å². The highest BCUT2D eigenvalue weighted by Crippen LogP contribution is 2.24. The molecule has 2 aromatic rings. The molecule has 8 nitrogen and oxygen atoms in total. The van der Waals surface area contributed by atoms with Crippen molar-refractivity contribution in [2.24, 2.45) is 4.99 Å². The lowest BCUT2D eigenvalue weighted by atomic mass is 10.2. The van der Waals surface area contributed by atoms with Gasteiger partial charge in [-0.2, -0.15) is 4.31 Å². The van der Waals surface area contributed by atoms with Crippen LogP contribution in [0.15, 0.2) is 38.6 Å². The summed E-state index contributed by atoms with van der Waals surface area (Å²) in [5, 5.41) is 6.37. The van der Waals surface area contributed by atoms with Gasteiger partial charge in [-0.3, -0.25) is 0 Å². The highest BCUT2D eigenvalue weighted by atomic mass is 32.2. The van der Waals surface area contributed by atoms with E-state index in [2.05, 4.69) is 20.6 Å². The number of sulfonamides is 1. The SMILES string of the molecule is CCNC(=NCc1ccccc1S(=O)(=O)N1CCCCC1)NCc1nc(C)c(C)o1. The Morgan fingerprint density at radius 3 is 2.57 bits per heavy atom. The third-order valence-electron chi connectivity index (χ3n) is 5.14. The lowest BCUT2D eigenvalue weighted by Crippen LogP contribution is -2.37. The van der Waals surface area contributed by atoms with Crippen molar-refractivity contribution in [2.75, 3.05) is 19.6 Å². The summed E-state index contributed by atoms with van der Waals surface area (Å²) in [4.78, 5) is 9.29. The first-order chi connectivity index (χ1) is 14.4. The lowest BCUT2D eigenvalue weighted by Gasteiger charge is -2.26. The van der Waals surface area contributed by atoms with E-state index in [1.807, 2.05) is 32.9 Å². The second-order valence-electron chi connectivity index (χ2n) is 7.37. The normalized spacial score (nSPS) is 15.9. The number of rotatable bonds is 7. The first-order valence-electron chi connectivity index (χ1n) is 10.4. The maximum Gasteiger partial charge on any atom is 0.243 e. The zero-order valence-corrected chi connectivity index (χ0v) is 18.8. The fourth-order valence-electron chi connectivity index (χ4n) is 3.41. The summed E-state index contributed by atoms with van der Waals surface area (Å²) in [6.07, 6.45) is 2.90. The first kappa shape index (κ1) is 22.3. The number of benzene rings is 1. The Labute approximate surface area is 178 Å². The van der Waals surface area contributed by atoms with Crippen LogP contribution < -0.4 is 10.6 Å². The molecule has 1 fully saturated rings. The number of nitrogens with one attached hydrogen (secondary N) is 2. The van der Waals surface area contributed by atoms with Crippen molar-refractivity contribution in [3.8, 4) is 0 Å². The highest BCUT2D eigenvalue weighted by molar-refractivity contribution is 7.89. The summed E-state index contributed by atoms with van der Waals surface area (Å²) in [5.74, 6) is 1.96. The molecule has 2 N–H and O–H groups in total. The molecule has 0 radical (unpaired) electrons. The number of aliphatic imine (C=N–C) groups is 1. The predicted octanol–water partition coefficient (Wildman–Crippen LogP) is 2.72. The van der Waals surface area contributed by atoms with Gasteiger partial charge in [-0.15, -0.1) is 0 Å². The Balaban J connectivity index is 1.75. The fourth-order valence-corrected chi connectivity index (χ4v) is 5.14. The summed E-state index contributed by atoms with van der Waals surface area (Å²) in [7, 11) is -3.51. The van der Waals surface area contributed by atoms with Gasteiger partial charge in [0.05, 0.1) is 23.7 Å². The summed E-state index contributed by atoms with van der Waals surface area (Å²) >= 11 is 0. The Kier molecular flexibility index (Phi) is 7.49. The van der Waals surface area contributed by atoms with Crippen molar-refractivity contribution >= 4 is 16.0 Å². The minimum Gasteiger partial charge on any atom is -0.444 e. The smallest absolute Gasteiger partial charge is 0.243 e. The van der Waals surface area contributed by atoms with Gasteiger partial charge in [-0.05, 0) is 45.2 Å². The zero-order valence-electron chi connectivity index (χ0n) is 17.9. The molecule has 2 heterocycles. The second kappa shape index (κ2) is 10.1. The molecule has 0 spiro atoms. The molecule has 3 rings (SSSR count). The molecule has 1 saturated heterocycles. The highest BCUT2D eigenvalue weighted by Gasteiger charge is 2.27. The van der Waals surface area contributed by atoms with Crippen LogP contribution in [0.2, 0.25) is 0 Å². The van der Waals surface area contributed by atoms with Gasteiger partial charge >= 0.3 is 0 Å². The molecule has 1 aromatic heterocycles. The second-order valence-corrected chi connectivity index (χ2v) is 9.28. The van der Waals surface area contributed by atoms with Crippen molar-refractivity contribution in [3.63, 3.8) is 0 Å². The first-order valence-corrected chi connectivity index (χ1v) is 11.9.